The van der Waals surface area contributed by atoms with Crippen LogP contribution in [0.25, 0.3) is 0 Å². The fourth-order valence-corrected chi connectivity index (χ4v) is 1.98. The second-order valence-corrected chi connectivity index (χ2v) is 4.17. The van der Waals surface area contributed by atoms with Crippen LogP contribution in [0.3, 0.4) is 0 Å². The summed E-state index contributed by atoms with van der Waals surface area (Å²) >= 11 is 0. The van der Waals surface area contributed by atoms with Crippen LogP contribution in [0.2, 0.25) is 0 Å². The molecule has 5 nitrogen and oxygen atoms in total. The van der Waals surface area contributed by atoms with E-state index in [9.17, 15) is 9.59 Å². The highest BCUT2D eigenvalue weighted by Crippen LogP contribution is 2.26. The Morgan fingerprint density at radius 2 is 1.67 bits per heavy atom. The van der Waals surface area contributed by atoms with Crippen LogP contribution >= 0.6 is 0 Å². The van der Waals surface area contributed by atoms with Gasteiger partial charge in [-0.25, -0.2) is 9.59 Å². The number of methoxy groups -OCH3 is 2. The maximum absolute atomic E-state index is 12.1. The maximum atomic E-state index is 12.1. The summed E-state index contributed by atoms with van der Waals surface area (Å²) in [6, 6.07) is 4.96. The summed E-state index contributed by atoms with van der Waals surface area (Å²) in [5.74, 6) is -1.18. The zero-order valence-electron chi connectivity index (χ0n) is 12.3. The van der Waals surface area contributed by atoms with Crippen LogP contribution in [0.4, 0.5) is 5.69 Å². The molecule has 0 heterocycles. The Bertz CT molecular complexity index is 541. The van der Waals surface area contributed by atoms with Crippen molar-refractivity contribution in [3.63, 3.8) is 0 Å². The van der Waals surface area contributed by atoms with Gasteiger partial charge in [0.25, 0.3) is 0 Å². The van der Waals surface area contributed by atoms with Gasteiger partial charge in [0.2, 0.25) is 0 Å². The Kier molecular flexibility index (Phi) is 6.20. The van der Waals surface area contributed by atoms with E-state index in [1.54, 1.807) is 24.3 Å². The summed E-state index contributed by atoms with van der Waals surface area (Å²) < 4.78 is 9.51. The van der Waals surface area contributed by atoms with Gasteiger partial charge in [-0.3, -0.25) is 0 Å². The summed E-state index contributed by atoms with van der Waals surface area (Å²) in [7, 11) is 2.53. The quantitative estimate of drug-likeness (QED) is 0.570. The second-order valence-electron chi connectivity index (χ2n) is 4.17. The lowest BCUT2D eigenvalue weighted by molar-refractivity contribution is 0.0556. The van der Waals surface area contributed by atoms with Gasteiger partial charge in [-0.2, -0.15) is 0 Å². The van der Waals surface area contributed by atoms with Gasteiger partial charge in [0.15, 0.2) is 0 Å². The van der Waals surface area contributed by atoms with Crippen LogP contribution in [-0.4, -0.2) is 39.2 Å². The predicted octanol–water partition coefficient (Wildman–Crippen LogP) is 2.44. The molecule has 0 spiro atoms. The molecule has 0 N–H and O–H groups in total. The van der Waals surface area contributed by atoms with Crippen molar-refractivity contribution < 1.29 is 19.1 Å². The largest absolute Gasteiger partial charge is 0.465 e. The van der Waals surface area contributed by atoms with Gasteiger partial charge in [-0.1, -0.05) is 18.2 Å². The third kappa shape index (κ3) is 3.72. The minimum atomic E-state index is -0.593. The minimum Gasteiger partial charge on any atom is -0.465 e. The fourth-order valence-electron chi connectivity index (χ4n) is 1.98. The zero-order chi connectivity index (χ0) is 15.8. The Balaban J connectivity index is 3.48. The zero-order valence-corrected chi connectivity index (χ0v) is 12.3. The molecule has 0 fully saturated rings. The first-order valence-corrected chi connectivity index (χ1v) is 6.37. The van der Waals surface area contributed by atoms with E-state index < -0.39 is 11.9 Å². The molecule has 1 aromatic rings. The van der Waals surface area contributed by atoms with E-state index in [0.29, 0.717) is 18.8 Å². The molecule has 0 aromatic heterocycles. The van der Waals surface area contributed by atoms with Gasteiger partial charge in [0.1, 0.15) is 0 Å². The van der Waals surface area contributed by atoms with Crippen LogP contribution in [0.1, 0.15) is 20.7 Å². The normalized spacial score (nSPS) is 9.62. The molecule has 5 heteroatoms. The van der Waals surface area contributed by atoms with Crippen molar-refractivity contribution in [1.82, 2.24) is 0 Å². The highest BCUT2D eigenvalue weighted by atomic mass is 16.5. The van der Waals surface area contributed by atoms with Crippen molar-refractivity contribution >= 4 is 17.6 Å². The first-order chi connectivity index (χ1) is 10.1. The van der Waals surface area contributed by atoms with E-state index in [1.807, 2.05) is 4.90 Å². The number of hydrogen-bond donors (Lipinski definition) is 0. The summed E-state index contributed by atoms with van der Waals surface area (Å²) in [6.45, 7) is 8.39. The van der Waals surface area contributed by atoms with Gasteiger partial charge >= 0.3 is 11.9 Å². The lowest BCUT2D eigenvalue weighted by atomic mass is 10.0. The van der Waals surface area contributed by atoms with E-state index >= 15 is 0 Å². The monoisotopic (exact) mass is 289 g/mol. The molecule has 0 radical (unpaired) electrons. The molecule has 0 bridgehead atoms. The average molecular weight is 289 g/mol. The van der Waals surface area contributed by atoms with Crippen LogP contribution in [0.15, 0.2) is 43.5 Å². The van der Waals surface area contributed by atoms with Crippen LogP contribution in [0, 0.1) is 0 Å². The molecule has 1 rings (SSSR count). The molecule has 0 saturated carbocycles. The molecule has 0 atom stereocenters. The number of esters is 2. The number of nitrogens with zero attached hydrogens (tertiary/aromatic N) is 1. The molecule has 0 aliphatic rings. The number of carbonyl (C=O) groups excluding carboxylic acids is 2. The summed E-state index contributed by atoms with van der Waals surface area (Å²) in [5, 5.41) is 0. The Morgan fingerprint density at radius 3 is 2.14 bits per heavy atom. The van der Waals surface area contributed by atoms with Crippen LogP contribution in [0.5, 0.6) is 0 Å². The molecule has 0 saturated heterocycles. The van der Waals surface area contributed by atoms with Gasteiger partial charge in [-0.15, -0.1) is 13.2 Å². The van der Waals surface area contributed by atoms with Crippen LogP contribution in [-0.2, 0) is 9.47 Å². The topological polar surface area (TPSA) is 55.8 Å². The van der Waals surface area contributed by atoms with E-state index in [1.165, 1.54) is 20.3 Å². The Morgan fingerprint density at radius 1 is 1.10 bits per heavy atom. The molecule has 21 heavy (non-hydrogen) atoms. The first kappa shape index (κ1) is 16.5. The number of hydrogen-bond acceptors (Lipinski definition) is 5. The maximum Gasteiger partial charge on any atom is 0.340 e. The molecule has 0 aliphatic carbocycles. The van der Waals surface area contributed by atoms with Crippen molar-refractivity contribution in [3.8, 4) is 0 Å². The summed E-state index contributed by atoms with van der Waals surface area (Å²) in [6.07, 6.45) is 3.41. The number of rotatable bonds is 7. The number of benzene rings is 1. The number of anilines is 1. The van der Waals surface area contributed by atoms with Crippen LogP contribution < -0.4 is 4.90 Å². The molecular weight excluding hydrogens is 270 g/mol. The summed E-state index contributed by atoms with van der Waals surface area (Å²) in [5.41, 5.74) is 0.917. The van der Waals surface area contributed by atoms with Gasteiger partial charge in [0, 0.05) is 13.1 Å². The lowest BCUT2D eigenvalue weighted by Crippen LogP contribution is -2.27. The molecule has 0 aliphatic heterocycles. The third-order valence-electron chi connectivity index (χ3n) is 2.88. The molecule has 112 valence electrons. The predicted molar refractivity (Wildman–Crippen MR) is 81.7 cm³/mol. The number of ether oxygens (including phenoxy) is 2. The fraction of sp³-hybridized carbons (Fsp3) is 0.250. The van der Waals surface area contributed by atoms with Crippen molar-refractivity contribution in [3.05, 3.63) is 54.6 Å². The van der Waals surface area contributed by atoms with Crippen molar-refractivity contribution in [1.29, 1.82) is 0 Å². The average Bonchev–Trinajstić information content (AvgIpc) is 2.52. The lowest BCUT2D eigenvalue weighted by Gasteiger charge is -2.24. The van der Waals surface area contributed by atoms with Crippen molar-refractivity contribution in [2.45, 2.75) is 0 Å². The van der Waals surface area contributed by atoms with Gasteiger partial charge in [0.05, 0.1) is 31.0 Å². The van der Waals surface area contributed by atoms with Gasteiger partial charge in [-0.05, 0) is 12.1 Å². The standard InChI is InChI=1S/C16H19NO4/c1-5-10-17(11-6-2)13-9-7-8-12(15(18)20-3)14(13)16(19)21-4/h5-9H,1-2,10-11H2,3-4H3. The smallest absolute Gasteiger partial charge is 0.340 e. The second kappa shape index (κ2) is 7.89. The van der Waals surface area contributed by atoms with Crippen molar-refractivity contribution in [2.24, 2.45) is 0 Å². The van der Waals surface area contributed by atoms with Crippen molar-refractivity contribution in [2.75, 3.05) is 32.2 Å². The number of carbonyl (C=O) groups is 2. The van der Waals surface area contributed by atoms with Gasteiger partial charge < -0.3 is 14.4 Å². The van der Waals surface area contributed by atoms with E-state index in [2.05, 4.69) is 13.2 Å². The Labute approximate surface area is 124 Å². The van der Waals surface area contributed by atoms with E-state index in [-0.39, 0.29) is 11.1 Å². The third-order valence-corrected chi connectivity index (χ3v) is 2.88. The Hall–Kier alpha value is -2.56. The van der Waals surface area contributed by atoms with E-state index in [0.717, 1.165) is 0 Å². The highest BCUT2D eigenvalue weighted by Gasteiger charge is 2.24. The first-order valence-electron chi connectivity index (χ1n) is 6.37. The molecule has 0 amide bonds. The molecular formula is C16H19NO4. The molecule has 0 unspecified atom stereocenters. The van der Waals surface area contributed by atoms with E-state index in [4.69, 9.17) is 9.47 Å². The SMILES string of the molecule is C=CCN(CC=C)c1cccc(C(=O)OC)c1C(=O)OC. The minimum absolute atomic E-state index is 0.167. The summed E-state index contributed by atoms with van der Waals surface area (Å²) in [4.78, 5) is 25.8. The highest BCUT2D eigenvalue weighted by molar-refractivity contribution is 6.07. The molecule has 1 aromatic carbocycles.